The number of fused-ring (bicyclic) bond motifs is 2. The van der Waals surface area contributed by atoms with Gasteiger partial charge in [0.1, 0.15) is 6.33 Å². The van der Waals surface area contributed by atoms with Crippen LogP contribution in [-0.2, 0) is 13.0 Å². The molecule has 6 nitrogen and oxygen atoms in total. The molecule has 0 atom stereocenters. The lowest BCUT2D eigenvalue weighted by Gasteiger charge is -2.18. The Morgan fingerprint density at radius 1 is 1.11 bits per heavy atom. The van der Waals surface area contributed by atoms with Gasteiger partial charge in [-0.3, -0.25) is 5.10 Å². The van der Waals surface area contributed by atoms with Gasteiger partial charge >= 0.3 is 0 Å². The van der Waals surface area contributed by atoms with Gasteiger partial charge in [0, 0.05) is 29.4 Å². The first-order chi connectivity index (χ1) is 13.6. The number of hydrogen-bond donors (Lipinski definition) is 2. The Morgan fingerprint density at radius 3 is 2.86 bits per heavy atom. The Hall–Kier alpha value is -2.99. The van der Waals surface area contributed by atoms with E-state index in [9.17, 15) is 0 Å². The van der Waals surface area contributed by atoms with E-state index in [0.29, 0.717) is 5.92 Å². The van der Waals surface area contributed by atoms with Crippen molar-refractivity contribution in [2.75, 3.05) is 6.54 Å². The molecule has 0 spiro atoms. The van der Waals surface area contributed by atoms with Gasteiger partial charge in [0.05, 0.1) is 11.4 Å². The molecule has 5 rings (SSSR count). The minimum absolute atomic E-state index is 0.341. The Kier molecular flexibility index (Phi) is 4.02. The summed E-state index contributed by atoms with van der Waals surface area (Å²) in [6.07, 6.45) is 4.69. The minimum atomic E-state index is 0.341. The van der Waals surface area contributed by atoms with Crippen LogP contribution in [0.4, 0.5) is 0 Å². The number of hydrogen-bond acceptors (Lipinski definition) is 4. The van der Waals surface area contributed by atoms with Crippen molar-refractivity contribution in [1.29, 1.82) is 0 Å². The fourth-order valence-corrected chi connectivity index (χ4v) is 4.21. The summed E-state index contributed by atoms with van der Waals surface area (Å²) in [5, 5.41) is 15.8. The van der Waals surface area contributed by atoms with Crippen molar-refractivity contribution in [3.8, 4) is 22.5 Å². The molecule has 28 heavy (non-hydrogen) atoms. The third kappa shape index (κ3) is 2.72. The topological polar surface area (TPSA) is 70.9 Å². The number of aromatic amines is 1. The molecule has 4 heterocycles. The highest BCUT2D eigenvalue weighted by molar-refractivity contribution is 5.76. The van der Waals surface area contributed by atoms with Crippen LogP contribution in [0, 0.1) is 6.92 Å². The molecule has 1 aliphatic rings. The predicted octanol–water partition coefficient (Wildman–Crippen LogP) is 3.86. The molecule has 0 saturated carbocycles. The summed E-state index contributed by atoms with van der Waals surface area (Å²) in [5.41, 5.74) is 10.4. The number of nitrogens with one attached hydrogen (secondary N) is 2. The predicted molar refractivity (Wildman–Crippen MR) is 110 cm³/mol. The van der Waals surface area contributed by atoms with Crippen molar-refractivity contribution in [2.45, 2.75) is 39.7 Å². The normalized spacial score (nSPS) is 14.0. The minimum Gasteiger partial charge on any atom is -0.312 e. The smallest absolute Gasteiger partial charge is 0.158 e. The first-order valence-corrected chi connectivity index (χ1v) is 9.83. The van der Waals surface area contributed by atoms with Gasteiger partial charge in [-0.1, -0.05) is 26.0 Å². The van der Waals surface area contributed by atoms with Crippen molar-refractivity contribution < 1.29 is 0 Å². The standard InChI is InChI=1S/C22H24N6/c1-13(2)19-20(16-4-5-17-10-23-7-6-15(17)9-16)26-27-21(19)18-8-14(3)22-24-12-25-28(22)11-18/h4-5,8-9,11-13,23H,6-7,10H2,1-3H3,(H,26,27). The van der Waals surface area contributed by atoms with Crippen molar-refractivity contribution in [2.24, 2.45) is 0 Å². The van der Waals surface area contributed by atoms with Crippen LogP contribution < -0.4 is 5.32 Å². The molecule has 4 aromatic rings. The van der Waals surface area contributed by atoms with Gasteiger partial charge < -0.3 is 5.32 Å². The van der Waals surface area contributed by atoms with Gasteiger partial charge in [0.2, 0.25) is 0 Å². The van der Waals surface area contributed by atoms with Crippen molar-refractivity contribution in [1.82, 2.24) is 30.1 Å². The van der Waals surface area contributed by atoms with Crippen molar-refractivity contribution >= 4 is 5.65 Å². The van der Waals surface area contributed by atoms with Crippen LogP contribution in [0.3, 0.4) is 0 Å². The monoisotopic (exact) mass is 372 g/mol. The molecular weight excluding hydrogens is 348 g/mol. The van der Waals surface area contributed by atoms with Gasteiger partial charge in [-0.25, -0.2) is 9.50 Å². The Balaban J connectivity index is 1.66. The molecule has 1 aliphatic heterocycles. The van der Waals surface area contributed by atoms with Crippen LogP contribution in [0.5, 0.6) is 0 Å². The Bertz CT molecular complexity index is 1170. The van der Waals surface area contributed by atoms with Gasteiger partial charge in [-0.15, -0.1) is 0 Å². The lowest BCUT2D eigenvalue weighted by atomic mass is 9.91. The van der Waals surface area contributed by atoms with Crippen LogP contribution in [0.15, 0.2) is 36.8 Å². The fraction of sp³-hybridized carbons (Fsp3) is 0.318. The summed E-state index contributed by atoms with van der Waals surface area (Å²) >= 11 is 0. The highest BCUT2D eigenvalue weighted by Crippen LogP contribution is 2.36. The molecule has 0 saturated heterocycles. The van der Waals surface area contributed by atoms with Crippen molar-refractivity contribution in [3.63, 3.8) is 0 Å². The van der Waals surface area contributed by atoms with E-state index in [1.165, 1.54) is 22.3 Å². The van der Waals surface area contributed by atoms with E-state index >= 15 is 0 Å². The van der Waals surface area contributed by atoms with E-state index in [2.05, 4.69) is 65.5 Å². The summed E-state index contributed by atoms with van der Waals surface area (Å²) in [6.45, 7) is 8.51. The quantitative estimate of drug-likeness (QED) is 0.573. The average Bonchev–Trinajstić information content (AvgIpc) is 3.34. The number of H-pyrrole nitrogens is 1. The molecule has 142 valence electrons. The van der Waals surface area contributed by atoms with Crippen molar-refractivity contribution in [3.05, 3.63) is 59.0 Å². The van der Waals surface area contributed by atoms with E-state index < -0.39 is 0 Å². The van der Waals surface area contributed by atoms with Crippen LogP contribution in [-0.4, -0.2) is 31.3 Å². The molecule has 0 fully saturated rings. The van der Waals surface area contributed by atoms with Gasteiger partial charge in [-0.05, 0) is 54.6 Å². The first kappa shape index (κ1) is 17.1. The zero-order chi connectivity index (χ0) is 19.3. The maximum absolute atomic E-state index is 4.74. The molecule has 0 amide bonds. The molecule has 3 aromatic heterocycles. The second kappa shape index (κ2) is 6.56. The molecule has 0 radical (unpaired) electrons. The van der Waals surface area contributed by atoms with Gasteiger partial charge in [0.25, 0.3) is 0 Å². The highest BCUT2D eigenvalue weighted by Gasteiger charge is 2.21. The van der Waals surface area contributed by atoms with Gasteiger partial charge in [-0.2, -0.15) is 10.2 Å². The van der Waals surface area contributed by atoms with E-state index in [1.807, 2.05) is 10.7 Å². The average molecular weight is 372 g/mol. The molecule has 0 bridgehead atoms. The maximum Gasteiger partial charge on any atom is 0.158 e. The second-order valence-electron chi connectivity index (χ2n) is 7.87. The molecular formula is C22H24N6. The van der Waals surface area contributed by atoms with Gasteiger partial charge in [0.15, 0.2) is 5.65 Å². The zero-order valence-electron chi connectivity index (χ0n) is 16.5. The first-order valence-electron chi connectivity index (χ1n) is 9.83. The third-order valence-electron chi connectivity index (χ3n) is 5.60. The number of pyridine rings is 1. The number of nitrogens with zero attached hydrogens (tertiary/aromatic N) is 4. The number of aryl methyl sites for hydroxylation is 1. The molecule has 6 heteroatoms. The number of benzene rings is 1. The van der Waals surface area contributed by atoms with E-state index in [1.54, 1.807) is 6.33 Å². The van der Waals surface area contributed by atoms with E-state index in [0.717, 1.165) is 47.7 Å². The zero-order valence-corrected chi connectivity index (χ0v) is 16.5. The lowest BCUT2D eigenvalue weighted by Crippen LogP contribution is -2.23. The fourth-order valence-electron chi connectivity index (χ4n) is 4.21. The summed E-state index contributed by atoms with van der Waals surface area (Å²) in [6, 6.07) is 8.91. The van der Waals surface area contributed by atoms with Crippen LogP contribution in [0.2, 0.25) is 0 Å². The number of aromatic nitrogens is 5. The summed E-state index contributed by atoms with van der Waals surface area (Å²) < 4.78 is 1.83. The molecule has 0 aliphatic carbocycles. The summed E-state index contributed by atoms with van der Waals surface area (Å²) in [4.78, 5) is 4.33. The van der Waals surface area contributed by atoms with Crippen LogP contribution in [0.25, 0.3) is 28.2 Å². The van der Waals surface area contributed by atoms with E-state index in [4.69, 9.17) is 5.10 Å². The van der Waals surface area contributed by atoms with Crippen LogP contribution >= 0.6 is 0 Å². The van der Waals surface area contributed by atoms with E-state index in [-0.39, 0.29) is 0 Å². The number of rotatable bonds is 3. The molecule has 1 aromatic carbocycles. The SMILES string of the molecule is Cc1cc(-c2[nH]nc(-c3ccc4c(c3)CCNC4)c2C(C)C)cn2ncnc12. The largest absolute Gasteiger partial charge is 0.312 e. The Labute approximate surface area is 164 Å². The Morgan fingerprint density at radius 2 is 2.00 bits per heavy atom. The molecule has 2 N–H and O–H groups in total. The maximum atomic E-state index is 4.74. The van der Waals surface area contributed by atoms with Crippen LogP contribution in [0.1, 0.15) is 42.0 Å². The third-order valence-corrected chi connectivity index (χ3v) is 5.60. The lowest BCUT2D eigenvalue weighted by molar-refractivity contribution is 0.644. The second-order valence-corrected chi connectivity index (χ2v) is 7.87. The molecule has 0 unspecified atom stereocenters. The highest BCUT2D eigenvalue weighted by atomic mass is 15.3. The summed E-state index contributed by atoms with van der Waals surface area (Å²) in [5.74, 6) is 0.341. The summed E-state index contributed by atoms with van der Waals surface area (Å²) in [7, 11) is 0.